The minimum absolute atomic E-state index is 0.00305. The van der Waals surface area contributed by atoms with E-state index in [1.54, 1.807) is 18.2 Å². The van der Waals surface area contributed by atoms with Crippen molar-refractivity contribution in [2.45, 2.75) is 17.9 Å². The van der Waals surface area contributed by atoms with Gasteiger partial charge >= 0.3 is 5.97 Å². The van der Waals surface area contributed by atoms with E-state index in [1.165, 1.54) is 20.1 Å². The van der Waals surface area contributed by atoms with Gasteiger partial charge in [0.25, 0.3) is 0 Å². The third kappa shape index (κ3) is 4.06. The van der Waals surface area contributed by atoms with Crippen LogP contribution in [0.2, 0.25) is 0 Å². The van der Waals surface area contributed by atoms with E-state index in [4.69, 9.17) is 5.73 Å². The first-order valence-electron chi connectivity index (χ1n) is 5.80. The number of methoxy groups -OCH3 is 1. The van der Waals surface area contributed by atoms with Crippen molar-refractivity contribution >= 4 is 16.0 Å². The second kappa shape index (κ2) is 7.05. The second-order valence-corrected chi connectivity index (χ2v) is 5.55. The molecule has 1 aromatic rings. The number of hydrogen-bond acceptors (Lipinski definition) is 5. The molecule has 6 nitrogen and oxygen atoms in total. The largest absolute Gasteiger partial charge is 0.468 e. The fourth-order valence-corrected chi connectivity index (χ4v) is 2.83. The Labute approximate surface area is 118 Å². The third-order valence-corrected chi connectivity index (χ3v) is 3.99. The summed E-state index contributed by atoms with van der Waals surface area (Å²) in [7, 11) is -2.68. The lowest BCUT2D eigenvalue weighted by Crippen LogP contribution is -2.39. The lowest BCUT2D eigenvalue weighted by molar-refractivity contribution is -0.142. The van der Waals surface area contributed by atoms with Crippen molar-refractivity contribution in [3.05, 3.63) is 29.8 Å². The topological polar surface area (TPSA) is 98.5 Å². The summed E-state index contributed by atoms with van der Waals surface area (Å²) in [4.78, 5) is 11.3. The van der Waals surface area contributed by atoms with E-state index >= 15 is 0 Å². The summed E-state index contributed by atoms with van der Waals surface area (Å²) in [6, 6.07) is 5.24. The highest BCUT2D eigenvalue weighted by Crippen LogP contribution is 2.14. The summed E-state index contributed by atoms with van der Waals surface area (Å²) in [5.74, 6) is 4.62. The van der Waals surface area contributed by atoms with Crippen LogP contribution in [0.3, 0.4) is 0 Å². The van der Waals surface area contributed by atoms with E-state index in [1.807, 2.05) is 0 Å². The number of sulfonamides is 1. The summed E-state index contributed by atoms with van der Waals surface area (Å²) in [6.45, 7) is 1.53. The molecule has 1 rings (SSSR count). The number of carbonyl (C=O) groups is 1. The van der Waals surface area contributed by atoms with Crippen LogP contribution in [0.15, 0.2) is 29.2 Å². The molecule has 3 N–H and O–H groups in total. The van der Waals surface area contributed by atoms with Gasteiger partial charge in [0.15, 0.2) is 0 Å². The van der Waals surface area contributed by atoms with Crippen molar-refractivity contribution < 1.29 is 17.9 Å². The summed E-state index contributed by atoms with van der Waals surface area (Å²) in [5.41, 5.74) is 5.60. The first-order valence-corrected chi connectivity index (χ1v) is 7.29. The van der Waals surface area contributed by atoms with E-state index < -0.39 is 22.0 Å². The highest BCUT2D eigenvalue weighted by molar-refractivity contribution is 7.89. The average molecular weight is 296 g/mol. The summed E-state index contributed by atoms with van der Waals surface area (Å²) in [5, 5.41) is 0. The normalized spacial score (nSPS) is 12.2. The first-order chi connectivity index (χ1) is 9.42. The molecule has 1 aromatic carbocycles. The smallest absolute Gasteiger partial charge is 0.323 e. The van der Waals surface area contributed by atoms with Gasteiger partial charge in [-0.15, -0.1) is 0 Å². The van der Waals surface area contributed by atoms with Crippen molar-refractivity contribution in [1.82, 2.24) is 4.72 Å². The average Bonchev–Trinajstić information content (AvgIpc) is 2.43. The number of ether oxygens (including phenoxy) is 1. The highest BCUT2D eigenvalue weighted by atomic mass is 32.2. The molecule has 0 aliphatic heterocycles. The lowest BCUT2D eigenvalue weighted by atomic mass is 10.2. The van der Waals surface area contributed by atoms with Crippen molar-refractivity contribution in [3.63, 3.8) is 0 Å². The number of hydrogen-bond donors (Lipinski definition) is 2. The molecule has 7 heteroatoms. The molecule has 20 heavy (non-hydrogen) atoms. The van der Waals surface area contributed by atoms with Crippen LogP contribution in [0.1, 0.15) is 12.5 Å². The second-order valence-electron chi connectivity index (χ2n) is 3.87. The summed E-state index contributed by atoms with van der Waals surface area (Å²) in [6.07, 6.45) is 0. The first kappa shape index (κ1) is 16.2. The highest BCUT2D eigenvalue weighted by Gasteiger charge is 2.24. The Morgan fingerprint density at radius 3 is 2.70 bits per heavy atom. The van der Waals surface area contributed by atoms with Crippen LogP contribution in [0.5, 0.6) is 0 Å². The molecule has 0 aromatic heterocycles. The van der Waals surface area contributed by atoms with Gasteiger partial charge in [0.05, 0.1) is 18.6 Å². The fourth-order valence-electron chi connectivity index (χ4n) is 1.47. The zero-order valence-corrected chi connectivity index (χ0v) is 12.0. The Bertz CT molecular complexity index is 644. The van der Waals surface area contributed by atoms with Crippen molar-refractivity contribution in [2.75, 3.05) is 13.7 Å². The Kier molecular flexibility index (Phi) is 5.70. The minimum Gasteiger partial charge on any atom is -0.468 e. The Morgan fingerprint density at radius 1 is 1.45 bits per heavy atom. The quantitative estimate of drug-likeness (QED) is 0.594. The van der Waals surface area contributed by atoms with Gasteiger partial charge in [0.1, 0.15) is 6.04 Å². The van der Waals surface area contributed by atoms with E-state index in [-0.39, 0.29) is 11.4 Å². The van der Waals surface area contributed by atoms with Crippen LogP contribution in [-0.2, 0) is 19.6 Å². The fraction of sp³-hybridized carbons (Fsp3) is 0.308. The molecule has 1 atom stereocenters. The summed E-state index contributed by atoms with van der Waals surface area (Å²) < 4.78 is 31.2. The monoisotopic (exact) mass is 296 g/mol. The van der Waals surface area contributed by atoms with Gasteiger partial charge in [-0.05, 0) is 19.1 Å². The molecule has 0 saturated heterocycles. The number of rotatable bonds is 4. The number of carbonyl (C=O) groups excluding carboxylic acids is 1. The molecule has 0 aliphatic carbocycles. The summed E-state index contributed by atoms with van der Waals surface area (Å²) >= 11 is 0. The molecule has 1 unspecified atom stereocenters. The van der Waals surface area contributed by atoms with Crippen molar-refractivity contribution in [1.29, 1.82) is 0 Å². The van der Waals surface area contributed by atoms with Gasteiger partial charge < -0.3 is 10.5 Å². The molecule has 0 fully saturated rings. The van der Waals surface area contributed by atoms with Crippen LogP contribution in [-0.4, -0.2) is 34.1 Å². The number of nitrogens with two attached hydrogens (primary N) is 1. The van der Waals surface area contributed by atoms with Crippen molar-refractivity contribution in [3.8, 4) is 11.8 Å². The molecule has 0 amide bonds. The minimum atomic E-state index is -3.87. The molecule has 0 spiro atoms. The van der Waals surface area contributed by atoms with E-state index in [0.29, 0.717) is 5.56 Å². The number of esters is 1. The van der Waals surface area contributed by atoms with Gasteiger partial charge in [0, 0.05) is 5.56 Å². The maximum Gasteiger partial charge on any atom is 0.323 e. The lowest BCUT2D eigenvalue weighted by Gasteiger charge is -2.13. The number of nitrogens with one attached hydrogen (secondary N) is 1. The van der Waals surface area contributed by atoms with Gasteiger partial charge in [-0.2, -0.15) is 4.72 Å². The third-order valence-electron chi connectivity index (χ3n) is 2.39. The molecular formula is C13H16N2O4S. The number of benzene rings is 1. The van der Waals surface area contributed by atoms with Gasteiger partial charge in [-0.1, -0.05) is 24.0 Å². The Hall–Kier alpha value is -1.88. The van der Waals surface area contributed by atoms with Crippen LogP contribution < -0.4 is 10.5 Å². The molecule has 0 saturated carbocycles. The molecule has 0 heterocycles. The van der Waals surface area contributed by atoms with Gasteiger partial charge in [-0.25, -0.2) is 8.42 Å². The van der Waals surface area contributed by atoms with Crippen molar-refractivity contribution in [2.24, 2.45) is 5.73 Å². The van der Waals surface area contributed by atoms with E-state index in [9.17, 15) is 13.2 Å². The van der Waals surface area contributed by atoms with Gasteiger partial charge in [-0.3, -0.25) is 4.79 Å². The van der Waals surface area contributed by atoms with E-state index in [0.717, 1.165) is 0 Å². The molecule has 0 bridgehead atoms. The zero-order chi connectivity index (χ0) is 15.2. The maximum atomic E-state index is 12.2. The van der Waals surface area contributed by atoms with Gasteiger partial charge in [0.2, 0.25) is 10.0 Å². The predicted molar refractivity (Wildman–Crippen MR) is 74.2 cm³/mol. The Morgan fingerprint density at radius 2 is 2.10 bits per heavy atom. The van der Waals surface area contributed by atoms with Crippen LogP contribution >= 0.6 is 0 Å². The van der Waals surface area contributed by atoms with Crippen LogP contribution in [0.25, 0.3) is 0 Å². The van der Waals surface area contributed by atoms with Crippen LogP contribution in [0, 0.1) is 11.8 Å². The van der Waals surface area contributed by atoms with Crippen LogP contribution in [0.4, 0.5) is 0 Å². The predicted octanol–water partition coefficient (Wildman–Crippen LogP) is -0.163. The molecular weight excluding hydrogens is 280 g/mol. The molecule has 108 valence electrons. The SMILES string of the molecule is COC(=O)C(C)NS(=O)(=O)c1ccccc1C#CCN. The Balaban J connectivity index is 3.13. The molecule has 0 radical (unpaired) electrons. The zero-order valence-electron chi connectivity index (χ0n) is 11.2. The van der Waals surface area contributed by atoms with E-state index in [2.05, 4.69) is 21.3 Å². The maximum absolute atomic E-state index is 12.2. The molecule has 0 aliphatic rings. The standard InChI is InChI=1S/C13H16N2O4S/c1-10(13(16)19-2)15-20(17,18)12-8-4-3-6-11(12)7-5-9-14/h3-4,6,8,10,15H,9,14H2,1-2H3.